The topological polar surface area (TPSA) is 20.7 Å². The number of nitrogens with one attached hydrogen (secondary N) is 1. The molecule has 138 valence electrons. The second-order valence-corrected chi connectivity index (χ2v) is 8.28. The highest BCUT2D eigenvalue weighted by atomic mass is 15.0. The highest BCUT2D eigenvalue weighted by molar-refractivity contribution is 6.25. The summed E-state index contributed by atoms with van der Waals surface area (Å²) < 4.78 is 2.39. The largest absolute Gasteiger partial charge is 0.354 e. The quantitative estimate of drug-likeness (QED) is 0.275. The molecule has 2 heteroatoms. The molecular weight excluding hydrogens is 352 g/mol. The van der Waals surface area contributed by atoms with Gasteiger partial charge in [-0.3, -0.25) is 0 Å². The molecule has 0 radical (unpaired) electrons. The molecular formula is C27H20N2. The maximum atomic E-state index is 3.75. The third-order valence-corrected chi connectivity index (χ3v) is 6.76. The van der Waals surface area contributed by atoms with Crippen molar-refractivity contribution in [3.05, 3.63) is 78.0 Å². The average Bonchev–Trinajstić information content (AvgIpc) is 3.28. The number of H-pyrrole nitrogens is 1. The number of nitrogens with zero attached hydrogens (tertiary/aromatic N) is 1. The van der Waals surface area contributed by atoms with Gasteiger partial charge >= 0.3 is 0 Å². The number of aryl methyl sites for hydroxylation is 2. The van der Waals surface area contributed by atoms with Crippen LogP contribution in [0.25, 0.3) is 60.3 Å². The van der Waals surface area contributed by atoms with E-state index in [9.17, 15) is 0 Å². The smallest absolute Gasteiger partial charge is 0.0586 e. The first-order valence-electron chi connectivity index (χ1n) is 10.3. The van der Waals surface area contributed by atoms with Gasteiger partial charge in [0.05, 0.1) is 11.0 Å². The third kappa shape index (κ3) is 1.91. The lowest BCUT2D eigenvalue weighted by molar-refractivity contribution is 0.910. The van der Waals surface area contributed by atoms with Gasteiger partial charge in [-0.25, -0.2) is 0 Å². The van der Waals surface area contributed by atoms with Crippen molar-refractivity contribution >= 4 is 60.3 Å². The van der Waals surface area contributed by atoms with Crippen molar-refractivity contribution in [2.24, 2.45) is 7.05 Å². The molecule has 1 aliphatic carbocycles. The van der Waals surface area contributed by atoms with Crippen LogP contribution < -0.4 is 0 Å². The molecule has 0 atom stereocenters. The molecule has 7 rings (SSSR count). The second kappa shape index (κ2) is 5.30. The predicted molar refractivity (Wildman–Crippen MR) is 125 cm³/mol. The summed E-state index contributed by atoms with van der Waals surface area (Å²) in [5.74, 6) is 0. The van der Waals surface area contributed by atoms with E-state index in [4.69, 9.17) is 0 Å². The molecule has 0 aliphatic heterocycles. The van der Waals surface area contributed by atoms with E-state index in [1.54, 1.807) is 0 Å². The van der Waals surface area contributed by atoms with E-state index in [-0.39, 0.29) is 0 Å². The first-order valence-corrected chi connectivity index (χ1v) is 10.3. The minimum absolute atomic E-state index is 1.13. The lowest BCUT2D eigenvalue weighted by Gasteiger charge is -2.06. The predicted octanol–water partition coefficient (Wildman–Crippen LogP) is 7.08. The molecule has 0 bridgehead atoms. The summed E-state index contributed by atoms with van der Waals surface area (Å²) in [7, 11) is 2.21. The van der Waals surface area contributed by atoms with Crippen LogP contribution in [-0.4, -0.2) is 9.55 Å². The van der Waals surface area contributed by atoms with E-state index in [2.05, 4.69) is 89.4 Å². The lowest BCUT2D eigenvalue weighted by atomic mass is 9.99. The molecule has 0 unspecified atom stereocenters. The number of rotatable bonds is 0. The van der Waals surface area contributed by atoms with E-state index in [1.165, 1.54) is 65.5 Å². The molecule has 6 aromatic rings. The fourth-order valence-electron chi connectivity index (χ4n) is 5.41. The Kier molecular flexibility index (Phi) is 2.81. The van der Waals surface area contributed by atoms with E-state index in [1.807, 2.05) is 0 Å². The monoisotopic (exact) mass is 372 g/mol. The molecule has 2 aromatic heterocycles. The molecule has 4 aromatic carbocycles. The fourth-order valence-corrected chi connectivity index (χ4v) is 5.41. The van der Waals surface area contributed by atoms with E-state index < -0.39 is 0 Å². The number of hydrogen-bond donors (Lipinski definition) is 1. The molecule has 29 heavy (non-hydrogen) atoms. The number of benzene rings is 4. The zero-order chi connectivity index (χ0) is 19.1. The van der Waals surface area contributed by atoms with Crippen molar-refractivity contribution in [3.63, 3.8) is 0 Å². The number of allylic oxidation sites excluding steroid dienone is 1. The highest BCUT2D eigenvalue weighted by Gasteiger charge is 2.19. The lowest BCUT2D eigenvalue weighted by Crippen LogP contribution is -1.96. The van der Waals surface area contributed by atoms with Crippen molar-refractivity contribution in [1.29, 1.82) is 0 Å². The maximum Gasteiger partial charge on any atom is 0.0586 e. The van der Waals surface area contributed by atoms with Gasteiger partial charge in [0.15, 0.2) is 0 Å². The molecule has 0 fully saturated rings. The van der Waals surface area contributed by atoms with Crippen molar-refractivity contribution in [2.45, 2.75) is 12.8 Å². The Labute approximate surface area is 168 Å². The summed E-state index contributed by atoms with van der Waals surface area (Å²) in [6.07, 6.45) is 6.86. The normalized spacial score (nSPS) is 14.0. The van der Waals surface area contributed by atoms with Gasteiger partial charge in [-0.05, 0) is 58.8 Å². The molecule has 2 nitrogen and oxygen atoms in total. The number of hydrogen-bond acceptors (Lipinski definition) is 0. The molecule has 0 saturated carbocycles. The summed E-state index contributed by atoms with van der Waals surface area (Å²) in [6.45, 7) is 0. The van der Waals surface area contributed by atoms with Gasteiger partial charge in [0, 0.05) is 39.8 Å². The summed E-state index contributed by atoms with van der Waals surface area (Å²) in [5, 5.41) is 9.22. The van der Waals surface area contributed by atoms with Crippen molar-refractivity contribution in [1.82, 2.24) is 9.55 Å². The molecule has 1 aliphatic rings. The second-order valence-electron chi connectivity index (χ2n) is 8.28. The Bertz CT molecular complexity index is 1660. The van der Waals surface area contributed by atoms with E-state index in [0.717, 1.165) is 12.8 Å². The van der Waals surface area contributed by atoms with Gasteiger partial charge in [0.25, 0.3) is 0 Å². The van der Waals surface area contributed by atoms with Crippen LogP contribution in [0.15, 0.2) is 66.7 Å². The third-order valence-electron chi connectivity index (χ3n) is 6.76. The maximum absolute atomic E-state index is 3.75. The van der Waals surface area contributed by atoms with E-state index in [0.29, 0.717) is 0 Å². The highest BCUT2D eigenvalue weighted by Crippen LogP contribution is 2.40. The number of fused-ring (bicyclic) bond motifs is 10. The minimum atomic E-state index is 1.13. The van der Waals surface area contributed by atoms with Crippen LogP contribution in [0.5, 0.6) is 0 Å². The molecule has 2 heterocycles. The Morgan fingerprint density at radius 2 is 1.66 bits per heavy atom. The molecule has 0 amide bonds. The van der Waals surface area contributed by atoms with Gasteiger partial charge in [0.2, 0.25) is 0 Å². The first kappa shape index (κ1) is 15.4. The van der Waals surface area contributed by atoms with Crippen molar-refractivity contribution in [2.75, 3.05) is 0 Å². The Hall–Kier alpha value is -3.52. The van der Waals surface area contributed by atoms with Crippen LogP contribution in [0.2, 0.25) is 0 Å². The van der Waals surface area contributed by atoms with Gasteiger partial charge in [-0.1, -0.05) is 48.5 Å². The van der Waals surface area contributed by atoms with Crippen LogP contribution in [0, 0.1) is 0 Å². The Morgan fingerprint density at radius 3 is 2.55 bits per heavy atom. The van der Waals surface area contributed by atoms with Crippen LogP contribution >= 0.6 is 0 Å². The van der Waals surface area contributed by atoms with Crippen LogP contribution in [0.3, 0.4) is 0 Å². The summed E-state index contributed by atoms with van der Waals surface area (Å²) >= 11 is 0. The molecule has 0 saturated heterocycles. The average molecular weight is 372 g/mol. The van der Waals surface area contributed by atoms with Gasteiger partial charge in [0.1, 0.15) is 0 Å². The standard InChI is InChI=1S/C27H20N2/c1-29-24-9-5-4-8-19(24)20-12-13-23-25(27(20)29)21-11-10-18-14-16-6-2-3-7-17(16)15-22(18)26(21)28-23/h2-3,5-7,9-15,28H,4,8H2,1H3. The fraction of sp³-hybridized carbons (Fsp3) is 0.111. The molecule has 0 spiro atoms. The summed E-state index contributed by atoms with van der Waals surface area (Å²) in [5.41, 5.74) is 6.67. The van der Waals surface area contributed by atoms with Gasteiger partial charge in [-0.2, -0.15) is 0 Å². The number of aromatic amines is 1. The van der Waals surface area contributed by atoms with E-state index >= 15 is 0 Å². The SMILES string of the molecule is Cn1c2c(c3ccc4[nH]c5c6cc7ccccc7cc6ccc5c4c31)CCC=C2. The Morgan fingerprint density at radius 1 is 0.828 bits per heavy atom. The summed E-state index contributed by atoms with van der Waals surface area (Å²) in [4.78, 5) is 3.75. The van der Waals surface area contributed by atoms with Crippen LogP contribution in [-0.2, 0) is 13.5 Å². The van der Waals surface area contributed by atoms with Crippen LogP contribution in [0.1, 0.15) is 17.7 Å². The van der Waals surface area contributed by atoms with Crippen molar-refractivity contribution in [3.8, 4) is 0 Å². The zero-order valence-corrected chi connectivity index (χ0v) is 16.3. The van der Waals surface area contributed by atoms with Crippen molar-refractivity contribution < 1.29 is 0 Å². The van der Waals surface area contributed by atoms with Gasteiger partial charge < -0.3 is 9.55 Å². The van der Waals surface area contributed by atoms with Crippen LogP contribution in [0.4, 0.5) is 0 Å². The zero-order valence-electron chi connectivity index (χ0n) is 16.3. The Balaban J connectivity index is 1.69. The first-order chi connectivity index (χ1) is 14.3. The summed E-state index contributed by atoms with van der Waals surface area (Å²) in [6, 6.07) is 22.4. The minimum Gasteiger partial charge on any atom is -0.354 e. The number of aromatic nitrogens is 2. The van der Waals surface area contributed by atoms with Gasteiger partial charge in [-0.15, -0.1) is 0 Å². The molecule has 1 N–H and O–H groups in total.